The van der Waals surface area contributed by atoms with Gasteiger partial charge < -0.3 is 16.5 Å². The zero-order valence-corrected chi connectivity index (χ0v) is 10.1. The van der Waals surface area contributed by atoms with E-state index in [2.05, 4.69) is 5.32 Å². The van der Waals surface area contributed by atoms with E-state index in [4.69, 9.17) is 5.73 Å². The van der Waals surface area contributed by atoms with Crippen LogP contribution in [0.1, 0.15) is 24.3 Å². The van der Waals surface area contributed by atoms with Gasteiger partial charge in [0.1, 0.15) is 6.17 Å². The maximum Gasteiger partial charge on any atom is 0.226 e. The maximum atomic E-state index is 13.9. The summed E-state index contributed by atoms with van der Waals surface area (Å²) in [5.41, 5.74) is 6.20. The average molecular weight is 254 g/mol. The Kier molecular flexibility index (Phi) is 5.25. The molecule has 1 fully saturated rings. The van der Waals surface area contributed by atoms with E-state index in [0.29, 0.717) is 6.42 Å². The van der Waals surface area contributed by atoms with Gasteiger partial charge in [-0.3, -0.25) is 4.79 Å². The van der Waals surface area contributed by atoms with E-state index in [9.17, 15) is 9.18 Å². The minimum atomic E-state index is -1.01. The fraction of sp³-hybridized carbons (Fsp3) is 0.462. The highest BCUT2D eigenvalue weighted by Crippen LogP contribution is 2.27. The third kappa shape index (κ3) is 3.05. The Morgan fingerprint density at radius 2 is 2.06 bits per heavy atom. The summed E-state index contributed by atoms with van der Waals surface area (Å²) in [7, 11) is 0. The van der Waals surface area contributed by atoms with Crippen LogP contribution in [0.5, 0.6) is 0 Å². The van der Waals surface area contributed by atoms with Gasteiger partial charge in [0.15, 0.2) is 0 Å². The molecule has 100 valence electrons. The van der Waals surface area contributed by atoms with Gasteiger partial charge in [0.05, 0.1) is 12.0 Å². The molecule has 1 aromatic carbocycles. The van der Waals surface area contributed by atoms with Gasteiger partial charge in [0.2, 0.25) is 5.91 Å². The molecule has 1 amide bonds. The van der Waals surface area contributed by atoms with Crippen molar-refractivity contribution in [3.8, 4) is 0 Å². The molecule has 4 nitrogen and oxygen atoms in total. The zero-order valence-electron chi connectivity index (χ0n) is 10.1. The molecule has 0 saturated carbocycles. The van der Waals surface area contributed by atoms with E-state index < -0.39 is 24.0 Å². The molecule has 5 heteroatoms. The molecule has 1 aromatic rings. The lowest BCUT2D eigenvalue weighted by molar-refractivity contribution is -0.120. The zero-order chi connectivity index (χ0) is 12.3. The Bertz CT molecular complexity index is 386. The molecule has 2 rings (SSSR count). The Balaban J connectivity index is 0.00000162. The van der Waals surface area contributed by atoms with Crippen molar-refractivity contribution < 1.29 is 14.7 Å². The van der Waals surface area contributed by atoms with E-state index >= 15 is 0 Å². The van der Waals surface area contributed by atoms with Gasteiger partial charge in [-0.25, -0.2) is 4.39 Å². The van der Waals surface area contributed by atoms with Crippen LogP contribution in [0.3, 0.4) is 0 Å². The molecule has 0 unspecified atom stereocenters. The molecule has 1 saturated heterocycles. The van der Waals surface area contributed by atoms with Crippen LogP contribution >= 0.6 is 0 Å². The van der Waals surface area contributed by atoms with Crippen molar-refractivity contribution in [1.82, 2.24) is 5.32 Å². The molecule has 0 bridgehead atoms. The molecule has 0 aliphatic carbocycles. The van der Waals surface area contributed by atoms with Gasteiger partial charge in [0, 0.05) is 0 Å². The van der Waals surface area contributed by atoms with Crippen LogP contribution in [0.2, 0.25) is 0 Å². The maximum absolute atomic E-state index is 13.9. The van der Waals surface area contributed by atoms with Gasteiger partial charge >= 0.3 is 0 Å². The average Bonchev–Trinajstić information content (AvgIpc) is 2.33. The van der Waals surface area contributed by atoms with Crippen molar-refractivity contribution in [2.75, 3.05) is 6.54 Å². The van der Waals surface area contributed by atoms with E-state index in [-0.39, 0.29) is 5.48 Å². The fourth-order valence-corrected chi connectivity index (χ4v) is 2.41. The number of piperidine rings is 1. The summed E-state index contributed by atoms with van der Waals surface area (Å²) in [5.74, 6) is -1.07. The van der Waals surface area contributed by atoms with Crippen LogP contribution < -0.4 is 11.1 Å². The monoisotopic (exact) mass is 254 g/mol. The predicted molar refractivity (Wildman–Crippen MR) is 67.9 cm³/mol. The van der Waals surface area contributed by atoms with Crippen molar-refractivity contribution in [1.29, 1.82) is 0 Å². The highest BCUT2D eigenvalue weighted by Gasteiger charge is 2.35. The topological polar surface area (TPSA) is 86.6 Å². The highest BCUT2D eigenvalue weighted by molar-refractivity contribution is 5.83. The minimum absolute atomic E-state index is 0. The molecule has 5 N–H and O–H groups in total. The second kappa shape index (κ2) is 6.47. The summed E-state index contributed by atoms with van der Waals surface area (Å²) in [5, 5.41) is 3.07. The third-order valence-electron chi connectivity index (χ3n) is 3.25. The lowest BCUT2D eigenvalue weighted by Gasteiger charge is -2.32. The van der Waals surface area contributed by atoms with E-state index in [1.807, 2.05) is 30.3 Å². The second-order valence-electron chi connectivity index (χ2n) is 4.43. The Hall–Kier alpha value is -1.46. The van der Waals surface area contributed by atoms with Gasteiger partial charge in [-0.15, -0.1) is 0 Å². The standard InChI is InChI=1S/C13H17FN2O.H2O/c14-10-7-4-8-16-12(10)11(13(15)17)9-5-2-1-3-6-9;/h1-3,5-6,10-12,16H,4,7-8H2,(H2,15,17);1H2/t10-,11-,12+;/m0./s1. The number of rotatable bonds is 3. The fourth-order valence-electron chi connectivity index (χ4n) is 2.41. The molecular weight excluding hydrogens is 235 g/mol. The molecule has 1 aliphatic heterocycles. The molecular formula is C13H19FN2O2. The summed E-state index contributed by atoms with van der Waals surface area (Å²) in [6.07, 6.45) is 0.285. The molecule has 0 radical (unpaired) electrons. The van der Waals surface area contributed by atoms with Crippen molar-refractivity contribution in [2.24, 2.45) is 5.73 Å². The quantitative estimate of drug-likeness (QED) is 0.824. The normalized spacial score (nSPS) is 24.9. The number of carbonyl (C=O) groups excluding carboxylic acids is 1. The molecule has 1 heterocycles. The highest BCUT2D eigenvalue weighted by atomic mass is 19.1. The number of hydrogen-bond donors (Lipinski definition) is 2. The number of primary amides is 1. The Morgan fingerprint density at radius 1 is 1.39 bits per heavy atom. The Morgan fingerprint density at radius 3 is 2.61 bits per heavy atom. The van der Waals surface area contributed by atoms with Crippen LogP contribution in [0.25, 0.3) is 0 Å². The van der Waals surface area contributed by atoms with Gasteiger partial charge in [-0.05, 0) is 24.9 Å². The molecule has 18 heavy (non-hydrogen) atoms. The largest absolute Gasteiger partial charge is 0.412 e. The number of benzene rings is 1. The molecule has 0 spiro atoms. The first-order valence-electron chi connectivity index (χ1n) is 5.92. The first-order valence-corrected chi connectivity index (χ1v) is 5.92. The molecule has 0 aromatic heterocycles. The van der Waals surface area contributed by atoms with Crippen molar-refractivity contribution in [3.05, 3.63) is 35.9 Å². The SMILES string of the molecule is NC(=O)[C@@H](c1ccccc1)[C@@H]1NCCC[C@@H]1F.O. The number of nitrogens with two attached hydrogens (primary N) is 1. The summed E-state index contributed by atoms with van der Waals surface area (Å²) in [6, 6.07) is 8.67. The summed E-state index contributed by atoms with van der Waals surface area (Å²) in [6.45, 7) is 0.738. The number of carbonyl (C=O) groups is 1. The first kappa shape index (κ1) is 14.6. The number of alkyl halides is 1. The lowest BCUT2D eigenvalue weighted by Crippen LogP contribution is -2.50. The smallest absolute Gasteiger partial charge is 0.226 e. The van der Waals surface area contributed by atoms with E-state index in [1.54, 1.807) is 0 Å². The van der Waals surface area contributed by atoms with E-state index in [0.717, 1.165) is 18.5 Å². The second-order valence-corrected chi connectivity index (χ2v) is 4.43. The summed E-state index contributed by atoms with van der Waals surface area (Å²) >= 11 is 0. The van der Waals surface area contributed by atoms with Gasteiger partial charge in [-0.1, -0.05) is 30.3 Å². The Labute approximate surface area is 106 Å². The number of amides is 1. The first-order chi connectivity index (χ1) is 8.20. The van der Waals surface area contributed by atoms with Crippen molar-refractivity contribution in [2.45, 2.75) is 31.0 Å². The third-order valence-corrected chi connectivity index (χ3v) is 3.25. The number of halogens is 1. The summed E-state index contributed by atoms with van der Waals surface area (Å²) < 4.78 is 13.9. The van der Waals surface area contributed by atoms with Crippen LogP contribution in [0, 0.1) is 0 Å². The number of nitrogens with one attached hydrogen (secondary N) is 1. The van der Waals surface area contributed by atoms with Gasteiger partial charge in [-0.2, -0.15) is 0 Å². The summed E-state index contributed by atoms with van der Waals surface area (Å²) in [4.78, 5) is 11.6. The molecule has 1 aliphatic rings. The predicted octanol–water partition coefficient (Wildman–Crippen LogP) is 0.521. The molecule has 3 atom stereocenters. The lowest BCUT2D eigenvalue weighted by atomic mass is 9.85. The van der Waals surface area contributed by atoms with E-state index in [1.165, 1.54) is 0 Å². The van der Waals surface area contributed by atoms with Crippen LogP contribution in [-0.4, -0.2) is 30.1 Å². The van der Waals surface area contributed by atoms with Crippen molar-refractivity contribution in [3.63, 3.8) is 0 Å². The van der Waals surface area contributed by atoms with Crippen LogP contribution in [0.15, 0.2) is 30.3 Å². The minimum Gasteiger partial charge on any atom is -0.412 e. The van der Waals surface area contributed by atoms with Crippen LogP contribution in [-0.2, 0) is 4.79 Å². The number of hydrogen-bond acceptors (Lipinski definition) is 2. The van der Waals surface area contributed by atoms with Gasteiger partial charge in [0.25, 0.3) is 0 Å². The van der Waals surface area contributed by atoms with Crippen molar-refractivity contribution >= 4 is 5.91 Å². The van der Waals surface area contributed by atoms with Crippen LogP contribution in [0.4, 0.5) is 4.39 Å².